The Kier molecular flexibility index (Phi) is 7.00. The monoisotopic (exact) mass is 525 g/mol. The van der Waals surface area contributed by atoms with Gasteiger partial charge in [0, 0.05) is 12.6 Å². The zero-order valence-corrected chi connectivity index (χ0v) is 19.4. The molecular formula is C23H25FINO4. The topological polar surface area (TPSA) is 55.8 Å². The maximum Gasteiger partial charge on any atom is 0.411 e. The van der Waals surface area contributed by atoms with Gasteiger partial charge < -0.3 is 9.47 Å². The fraction of sp³-hybridized carbons (Fsp3) is 0.391. The molecular weight excluding hydrogens is 500 g/mol. The summed E-state index contributed by atoms with van der Waals surface area (Å²) < 4.78 is 24.5. The first kappa shape index (κ1) is 22.5. The van der Waals surface area contributed by atoms with Crippen LogP contribution in [0.3, 0.4) is 0 Å². The van der Waals surface area contributed by atoms with Gasteiger partial charge in [-0.1, -0.05) is 40.8 Å². The number of piperidine rings is 1. The molecule has 2 aromatic rings. The number of ketones is 1. The number of carbonyl (C=O) groups excluding carboxylic acids is 2. The Bertz CT molecular complexity index is 927. The van der Waals surface area contributed by atoms with Crippen LogP contribution in [0.1, 0.15) is 44.0 Å². The third-order valence-corrected chi connectivity index (χ3v) is 6.23. The highest BCUT2D eigenvalue weighted by Crippen LogP contribution is 2.35. The lowest BCUT2D eigenvalue weighted by Gasteiger charge is -2.38. The van der Waals surface area contributed by atoms with Gasteiger partial charge in [0.15, 0.2) is 5.78 Å². The van der Waals surface area contributed by atoms with Crippen LogP contribution in [0.15, 0.2) is 48.5 Å². The second kappa shape index (κ2) is 9.32. The van der Waals surface area contributed by atoms with E-state index in [0.29, 0.717) is 36.4 Å². The van der Waals surface area contributed by atoms with Crippen LogP contribution in [0.5, 0.6) is 11.5 Å². The standard InChI is InChI=1S/C23H25FINO4/c1-23(2,3)30-22(28)26-13-7-11-18(21(26)25)20(27)17-10-4-5-12-19(17)29-16-9-6-8-15(24)14-16/h4-6,8-10,12,14,18,21H,7,11,13H2,1-3H3/t18-,21?/m1/s1. The Balaban J connectivity index is 1.81. The van der Waals surface area contributed by atoms with E-state index < -0.39 is 17.5 Å². The molecule has 2 atom stereocenters. The number of amides is 1. The summed E-state index contributed by atoms with van der Waals surface area (Å²) in [6.07, 6.45) is 0.964. The summed E-state index contributed by atoms with van der Waals surface area (Å²) in [7, 11) is 0. The van der Waals surface area contributed by atoms with Gasteiger partial charge in [-0.15, -0.1) is 0 Å². The zero-order chi connectivity index (χ0) is 21.9. The molecule has 7 heteroatoms. The molecule has 1 heterocycles. The van der Waals surface area contributed by atoms with E-state index in [-0.39, 0.29) is 15.7 Å². The van der Waals surface area contributed by atoms with Crippen molar-refractivity contribution in [2.45, 2.75) is 43.3 Å². The molecule has 3 rings (SSSR count). The molecule has 1 aliphatic rings. The van der Waals surface area contributed by atoms with E-state index in [9.17, 15) is 14.0 Å². The van der Waals surface area contributed by atoms with Crippen molar-refractivity contribution in [1.29, 1.82) is 0 Å². The quantitative estimate of drug-likeness (QED) is 0.206. The minimum atomic E-state index is -0.601. The van der Waals surface area contributed by atoms with Gasteiger partial charge in [-0.05, 0) is 57.9 Å². The predicted molar refractivity (Wildman–Crippen MR) is 121 cm³/mol. The number of rotatable bonds is 4. The zero-order valence-electron chi connectivity index (χ0n) is 17.2. The van der Waals surface area contributed by atoms with Gasteiger partial charge in [0.05, 0.1) is 15.5 Å². The molecule has 0 spiro atoms. The number of ether oxygens (including phenoxy) is 2. The second-order valence-corrected chi connectivity index (χ2v) is 9.49. The SMILES string of the molecule is CC(C)(C)OC(=O)N1CCC[C@H](C(=O)c2ccccc2Oc2cccc(F)c2)C1I. The number of carbonyl (C=O) groups is 2. The maximum absolute atomic E-state index is 13.5. The van der Waals surface area contributed by atoms with E-state index >= 15 is 0 Å². The van der Waals surface area contributed by atoms with Gasteiger partial charge in [0.1, 0.15) is 22.9 Å². The highest BCUT2D eigenvalue weighted by Gasteiger charge is 2.39. The number of Topliss-reactive ketones (excluding diaryl/α,β-unsaturated/α-hetero) is 1. The summed E-state index contributed by atoms with van der Waals surface area (Å²) >= 11 is 2.14. The third-order valence-electron chi connectivity index (χ3n) is 4.69. The molecule has 0 bridgehead atoms. The van der Waals surface area contributed by atoms with Gasteiger partial charge in [-0.2, -0.15) is 0 Å². The summed E-state index contributed by atoms with van der Waals surface area (Å²) in [5.41, 5.74) is -0.185. The van der Waals surface area contributed by atoms with Crippen LogP contribution in [-0.4, -0.2) is 33.0 Å². The van der Waals surface area contributed by atoms with Crippen LogP contribution in [0, 0.1) is 11.7 Å². The first-order valence-corrected chi connectivity index (χ1v) is 11.1. The molecule has 0 aromatic heterocycles. The van der Waals surface area contributed by atoms with Crippen molar-refractivity contribution in [3.8, 4) is 11.5 Å². The molecule has 160 valence electrons. The first-order chi connectivity index (χ1) is 14.2. The van der Waals surface area contributed by atoms with Crippen molar-refractivity contribution in [2.75, 3.05) is 6.54 Å². The van der Waals surface area contributed by atoms with Gasteiger partial charge >= 0.3 is 6.09 Å². The summed E-state index contributed by atoms with van der Waals surface area (Å²) in [6.45, 7) is 6.01. The predicted octanol–water partition coefficient (Wildman–Crippen LogP) is 6.21. The third kappa shape index (κ3) is 5.50. The smallest absolute Gasteiger partial charge is 0.411 e. The van der Waals surface area contributed by atoms with Crippen LogP contribution in [-0.2, 0) is 4.74 Å². The lowest BCUT2D eigenvalue weighted by Crippen LogP contribution is -2.49. The van der Waals surface area contributed by atoms with E-state index in [1.807, 2.05) is 20.8 Å². The molecule has 0 aliphatic carbocycles. The number of benzene rings is 2. The van der Waals surface area contributed by atoms with Gasteiger partial charge in [0.2, 0.25) is 0 Å². The molecule has 1 unspecified atom stereocenters. The molecule has 1 saturated heterocycles. The highest BCUT2D eigenvalue weighted by molar-refractivity contribution is 14.1. The molecule has 1 aliphatic heterocycles. The van der Waals surface area contributed by atoms with Crippen molar-refractivity contribution >= 4 is 34.5 Å². The minimum absolute atomic E-state index is 0.102. The van der Waals surface area contributed by atoms with Crippen LogP contribution >= 0.6 is 22.6 Å². The van der Waals surface area contributed by atoms with Crippen molar-refractivity contribution in [3.63, 3.8) is 0 Å². The van der Waals surface area contributed by atoms with Crippen molar-refractivity contribution in [3.05, 3.63) is 59.9 Å². The van der Waals surface area contributed by atoms with E-state index in [1.165, 1.54) is 12.1 Å². The van der Waals surface area contributed by atoms with Crippen LogP contribution < -0.4 is 4.74 Å². The Hall–Kier alpha value is -2.16. The van der Waals surface area contributed by atoms with Crippen molar-refractivity contribution < 1.29 is 23.5 Å². The van der Waals surface area contributed by atoms with E-state index in [4.69, 9.17) is 9.47 Å². The highest BCUT2D eigenvalue weighted by atomic mass is 127. The average molecular weight is 525 g/mol. The van der Waals surface area contributed by atoms with Crippen LogP contribution in [0.25, 0.3) is 0 Å². The molecule has 0 N–H and O–H groups in total. The Labute approximate surface area is 189 Å². The van der Waals surface area contributed by atoms with Gasteiger partial charge in [-0.25, -0.2) is 9.18 Å². The Morgan fingerprint density at radius 3 is 2.57 bits per heavy atom. The Morgan fingerprint density at radius 1 is 1.13 bits per heavy atom. The molecule has 0 radical (unpaired) electrons. The summed E-state index contributed by atoms with van der Waals surface area (Å²) in [6, 6.07) is 12.7. The first-order valence-electron chi connectivity index (χ1n) is 9.86. The summed E-state index contributed by atoms with van der Waals surface area (Å²) in [5, 5.41) is 0. The lowest BCUT2D eigenvalue weighted by molar-refractivity contribution is 0.0150. The van der Waals surface area contributed by atoms with Gasteiger partial charge in [-0.3, -0.25) is 9.69 Å². The number of hydrogen-bond donors (Lipinski definition) is 0. The minimum Gasteiger partial charge on any atom is -0.457 e. The molecule has 5 nitrogen and oxygen atoms in total. The molecule has 1 amide bonds. The van der Waals surface area contributed by atoms with Gasteiger partial charge in [0.25, 0.3) is 0 Å². The number of para-hydroxylation sites is 1. The molecule has 2 aromatic carbocycles. The number of halogens is 2. The van der Waals surface area contributed by atoms with Crippen molar-refractivity contribution in [1.82, 2.24) is 4.90 Å². The second-order valence-electron chi connectivity index (χ2n) is 8.21. The molecule has 1 fully saturated rings. The summed E-state index contributed by atoms with van der Waals surface area (Å²) in [4.78, 5) is 27.6. The molecule has 0 saturated carbocycles. The summed E-state index contributed by atoms with van der Waals surface area (Å²) in [5.74, 6) is -0.214. The Morgan fingerprint density at radius 2 is 1.87 bits per heavy atom. The van der Waals surface area contributed by atoms with E-state index in [0.717, 1.165) is 0 Å². The fourth-order valence-corrected chi connectivity index (χ4v) is 4.54. The van der Waals surface area contributed by atoms with E-state index in [2.05, 4.69) is 22.6 Å². The lowest BCUT2D eigenvalue weighted by atomic mass is 9.89. The van der Waals surface area contributed by atoms with E-state index in [1.54, 1.807) is 41.3 Å². The number of hydrogen-bond acceptors (Lipinski definition) is 4. The van der Waals surface area contributed by atoms with Crippen molar-refractivity contribution in [2.24, 2.45) is 5.92 Å². The number of nitrogens with zero attached hydrogens (tertiary/aromatic N) is 1. The number of likely N-dealkylation sites (tertiary alicyclic amines) is 1. The average Bonchev–Trinajstić information content (AvgIpc) is 2.67. The van der Waals surface area contributed by atoms with Crippen LogP contribution in [0.2, 0.25) is 0 Å². The number of alkyl halides is 1. The van der Waals surface area contributed by atoms with Crippen LogP contribution in [0.4, 0.5) is 9.18 Å². The fourth-order valence-electron chi connectivity index (χ4n) is 3.34. The maximum atomic E-state index is 13.5. The molecule has 30 heavy (non-hydrogen) atoms. The largest absolute Gasteiger partial charge is 0.457 e. The normalized spacial score (nSPS) is 19.3.